The molecule has 0 saturated carbocycles. The van der Waals surface area contributed by atoms with Gasteiger partial charge in [-0.3, -0.25) is 9.36 Å². The van der Waals surface area contributed by atoms with Gasteiger partial charge in [0, 0.05) is 24.4 Å². The molecule has 1 aromatic carbocycles. The topological polar surface area (TPSA) is 56.2 Å². The van der Waals surface area contributed by atoms with E-state index in [1.165, 1.54) is 12.4 Å². The van der Waals surface area contributed by atoms with Gasteiger partial charge in [0.25, 0.3) is 5.91 Å². The molecule has 0 saturated heterocycles. The van der Waals surface area contributed by atoms with E-state index in [9.17, 15) is 13.6 Å². The van der Waals surface area contributed by atoms with Crippen LogP contribution in [-0.2, 0) is 13.0 Å². The maximum atomic E-state index is 12.7. The van der Waals surface area contributed by atoms with Crippen molar-refractivity contribution in [1.29, 1.82) is 0 Å². The van der Waals surface area contributed by atoms with Crippen LogP contribution in [0.15, 0.2) is 30.6 Å². The summed E-state index contributed by atoms with van der Waals surface area (Å²) in [5.74, 6) is 0.574. The van der Waals surface area contributed by atoms with Gasteiger partial charge in [0.05, 0.1) is 6.54 Å². The number of aromatic nitrogens is 2. The summed E-state index contributed by atoms with van der Waals surface area (Å²) in [6.07, 6.45) is 3.32. The Morgan fingerprint density at radius 2 is 2.36 bits per heavy atom. The van der Waals surface area contributed by atoms with Crippen LogP contribution < -0.4 is 10.1 Å². The molecule has 1 aromatic heterocycles. The summed E-state index contributed by atoms with van der Waals surface area (Å²) in [7, 11) is 0. The SMILES string of the molecule is CC1Cc2cc(C(=O)NCc3nccn3C(F)F)ccc2O1. The van der Waals surface area contributed by atoms with Crippen LogP contribution >= 0.6 is 0 Å². The Morgan fingerprint density at radius 3 is 3.14 bits per heavy atom. The fourth-order valence-electron chi connectivity index (χ4n) is 2.48. The van der Waals surface area contributed by atoms with Crippen molar-refractivity contribution in [1.82, 2.24) is 14.9 Å². The monoisotopic (exact) mass is 307 g/mol. The molecule has 0 fully saturated rings. The van der Waals surface area contributed by atoms with Crippen molar-refractivity contribution >= 4 is 5.91 Å². The van der Waals surface area contributed by atoms with E-state index in [-0.39, 0.29) is 24.4 Å². The number of amides is 1. The lowest BCUT2D eigenvalue weighted by molar-refractivity contribution is 0.0660. The summed E-state index contributed by atoms with van der Waals surface area (Å²) in [4.78, 5) is 15.9. The molecule has 5 nitrogen and oxygen atoms in total. The molecule has 1 aliphatic rings. The smallest absolute Gasteiger partial charge is 0.319 e. The number of alkyl halides is 2. The van der Waals surface area contributed by atoms with Gasteiger partial charge < -0.3 is 10.1 Å². The fraction of sp³-hybridized carbons (Fsp3) is 0.333. The summed E-state index contributed by atoms with van der Waals surface area (Å²) in [6.45, 7) is -0.766. The van der Waals surface area contributed by atoms with Crippen LogP contribution in [0.1, 0.15) is 35.2 Å². The molecule has 116 valence electrons. The van der Waals surface area contributed by atoms with Gasteiger partial charge in [-0.1, -0.05) is 0 Å². The summed E-state index contributed by atoms with van der Waals surface area (Å²) in [5, 5.41) is 2.60. The van der Waals surface area contributed by atoms with Crippen molar-refractivity contribution in [2.75, 3.05) is 0 Å². The first-order valence-corrected chi connectivity index (χ1v) is 6.92. The second kappa shape index (κ2) is 5.75. The van der Waals surface area contributed by atoms with Gasteiger partial charge in [-0.15, -0.1) is 0 Å². The van der Waals surface area contributed by atoms with Crippen molar-refractivity contribution in [3.8, 4) is 5.75 Å². The van der Waals surface area contributed by atoms with Gasteiger partial charge in [0.1, 0.15) is 17.7 Å². The highest BCUT2D eigenvalue weighted by Crippen LogP contribution is 2.29. The Balaban J connectivity index is 1.68. The molecule has 0 spiro atoms. The third-order valence-electron chi connectivity index (χ3n) is 3.52. The van der Waals surface area contributed by atoms with Crippen LogP contribution in [0.3, 0.4) is 0 Å². The zero-order valence-electron chi connectivity index (χ0n) is 11.9. The van der Waals surface area contributed by atoms with Gasteiger partial charge in [-0.05, 0) is 30.7 Å². The number of rotatable bonds is 4. The largest absolute Gasteiger partial charge is 0.490 e. The molecule has 0 aliphatic carbocycles. The van der Waals surface area contributed by atoms with Gasteiger partial charge >= 0.3 is 6.55 Å². The molecular weight excluding hydrogens is 292 g/mol. The van der Waals surface area contributed by atoms with E-state index in [2.05, 4.69) is 10.3 Å². The second-order valence-electron chi connectivity index (χ2n) is 5.17. The van der Waals surface area contributed by atoms with Crippen LogP contribution in [0.25, 0.3) is 0 Å². The number of halogens is 2. The zero-order valence-corrected chi connectivity index (χ0v) is 11.9. The molecule has 2 aromatic rings. The van der Waals surface area contributed by atoms with Crippen LogP contribution in [0.4, 0.5) is 8.78 Å². The van der Waals surface area contributed by atoms with Crippen LogP contribution in [0.5, 0.6) is 5.75 Å². The van der Waals surface area contributed by atoms with Gasteiger partial charge in [0.2, 0.25) is 0 Å². The minimum absolute atomic E-state index is 0.0554. The number of nitrogens with one attached hydrogen (secondary N) is 1. The van der Waals surface area contributed by atoms with Crippen LogP contribution in [0.2, 0.25) is 0 Å². The molecule has 2 heterocycles. The van der Waals surface area contributed by atoms with Crippen molar-refractivity contribution < 1.29 is 18.3 Å². The number of imidazole rings is 1. The van der Waals surface area contributed by atoms with Crippen LogP contribution in [-0.4, -0.2) is 21.6 Å². The van der Waals surface area contributed by atoms with E-state index < -0.39 is 6.55 Å². The number of ether oxygens (including phenoxy) is 1. The predicted octanol–water partition coefficient (Wildman–Crippen LogP) is 2.53. The minimum atomic E-state index is -2.67. The van der Waals surface area contributed by atoms with Crippen molar-refractivity contribution in [2.45, 2.75) is 32.5 Å². The molecule has 1 aliphatic heterocycles. The lowest BCUT2D eigenvalue weighted by Crippen LogP contribution is -2.25. The predicted molar refractivity (Wildman–Crippen MR) is 74.9 cm³/mol. The summed E-state index contributed by atoms with van der Waals surface area (Å²) >= 11 is 0. The molecule has 0 radical (unpaired) electrons. The molecular formula is C15H15F2N3O2. The summed E-state index contributed by atoms with van der Waals surface area (Å²) < 4.78 is 31.7. The van der Waals surface area contributed by atoms with E-state index >= 15 is 0 Å². The quantitative estimate of drug-likeness (QED) is 0.944. The normalized spacial score (nSPS) is 16.5. The first-order chi connectivity index (χ1) is 10.5. The Kier molecular flexibility index (Phi) is 3.79. The Hall–Kier alpha value is -2.44. The highest BCUT2D eigenvalue weighted by Gasteiger charge is 2.20. The highest BCUT2D eigenvalue weighted by molar-refractivity contribution is 5.94. The van der Waals surface area contributed by atoms with Gasteiger partial charge in [-0.2, -0.15) is 8.78 Å². The Bertz CT molecular complexity index is 700. The first-order valence-electron chi connectivity index (χ1n) is 6.92. The summed E-state index contributed by atoms with van der Waals surface area (Å²) in [5.41, 5.74) is 1.46. The first kappa shape index (κ1) is 14.5. The zero-order chi connectivity index (χ0) is 15.7. The van der Waals surface area contributed by atoms with E-state index in [0.717, 1.165) is 22.3 Å². The molecule has 3 rings (SSSR count). The van der Waals surface area contributed by atoms with Gasteiger partial charge in [0.15, 0.2) is 0 Å². The third kappa shape index (κ3) is 2.79. The standard InChI is InChI=1S/C15H15F2N3O2/c1-9-6-11-7-10(2-3-12(11)22-9)14(21)19-8-13-18-4-5-20(13)15(16)17/h2-5,7,9,15H,6,8H2,1H3,(H,19,21). The van der Waals surface area contributed by atoms with E-state index in [1.54, 1.807) is 18.2 Å². The molecule has 1 amide bonds. The molecule has 22 heavy (non-hydrogen) atoms. The number of carbonyl (C=O) groups is 1. The lowest BCUT2D eigenvalue weighted by Gasteiger charge is -2.08. The minimum Gasteiger partial charge on any atom is -0.490 e. The Labute approximate surface area is 125 Å². The molecule has 1 atom stereocenters. The van der Waals surface area contributed by atoms with Crippen LogP contribution in [0, 0.1) is 0 Å². The Morgan fingerprint density at radius 1 is 1.55 bits per heavy atom. The van der Waals surface area contributed by atoms with Crippen molar-refractivity contribution in [3.63, 3.8) is 0 Å². The molecule has 7 heteroatoms. The van der Waals surface area contributed by atoms with Crippen molar-refractivity contribution in [2.24, 2.45) is 0 Å². The molecule has 1 N–H and O–H groups in total. The second-order valence-corrected chi connectivity index (χ2v) is 5.17. The number of benzene rings is 1. The van der Waals surface area contributed by atoms with Crippen molar-refractivity contribution in [3.05, 3.63) is 47.5 Å². The number of fused-ring (bicyclic) bond motifs is 1. The van der Waals surface area contributed by atoms with E-state index in [4.69, 9.17) is 4.74 Å². The van der Waals surface area contributed by atoms with Gasteiger partial charge in [-0.25, -0.2) is 4.98 Å². The van der Waals surface area contributed by atoms with E-state index in [0.29, 0.717) is 5.56 Å². The third-order valence-corrected chi connectivity index (χ3v) is 3.52. The summed E-state index contributed by atoms with van der Waals surface area (Å²) in [6, 6.07) is 5.19. The van der Waals surface area contributed by atoms with E-state index in [1.807, 2.05) is 6.92 Å². The molecule has 0 bridgehead atoms. The molecule has 1 unspecified atom stereocenters. The fourth-order valence-corrected chi connectivity index (χ4v) is 2.48. The number of hydrogen-bond donors (Lipinski definition) is 1. The average molecular weight is 307 g/mol. The number of carbonyl (C=O) groups excluding carboxylic acids is 1. The average Bonchev–Trinajstić information content (AvgIpc) is 3.08. The highest BCUT2D eigenvalue weighted by atomic mass is 19.3. The maximum absolute atomic E-state index is 12.7. The number of nitrogens with zero attached hydrogens (tertiary/aromatic N) is 2. The number of hydrogen-bond acceptors (Lipinski definition) is 3. The lowest BCUT2D eigenvalue weighted by atomic mass is 10.1. The maximum Gasteiger partial charge on any atom is 0.319 e.